The number of aromatic nitrogens is 2. The Balaban J connectivity index is 0.00000192. The minimum atomic E-state index is -0.0898. The maximum atomic E-state index is 12.1. The summed E-state index contributed by atoms with van der Waals surface area (Å²) >= 11 is 0. The Labute approximate surface area is 141 Å². The molecule has 1 aliphatic rings. The molecule has 0 spiro atoms. The molecule has 0 bridgehead atoms. The lowest BCUT2D eigenvalue weighted by Gasteiger charge is -2.13. The molecule has 23 heavy (non-hydrogen) atoms. The van der Waals surface area contributed by atoms with Crippen LogP contribution in [0, 0.1) is 6.92 Å². The number of hydrogen-bond donors (Lipinski definition) is 2. The van der Waals surface area contributed by atoms with Crippen LogP contribution in [0.4, 0.5) is 5.69 Å². The van der Waals surface area contributed by atoms with E-state index in [-0.39, 0.29) is 24.4 Å². The van der Waals surface area contributed by atoms with E-state index in [1.165, 1.54) is 0 Å². The highest BCUT2D eigenvalue weighted by Gasteiger charge is 2.22. The van der Waals surface area contributed by atoms with Crippen molar-refractivity contribution in [3.8, 4) is 11.8 Å². The van der Waals surface area contributed by atoms with Crippen molar-refractivity contribution in [3.63, 3.8) is 0 Å². The van der Waals surface area contributed by atoms with E-state index in [2.05, 4.69) is 20.6 Å². The number of amides is 1. The van der Waals surface area contributed by atoms with E-state index in [1.807, 2.05) is 19.1 Å². The summed E-state index contributed by atoms with van der Waals surface area (Å²) in [6.45, 7) is 2.83. The summed E-state index contributed by atoms with van der Waals surface area (Å²) in [6, 6.07) is 7.42. The summed E-state index contributed by atoms with van der Waals surface area (Å²) in [5.74, 6) is 0.654. The molecule has 0 radical (unpaired) electrons. The summed E-state index contributed by atoms with van der Waals surface area (Å²) in [5, 5.41) is 6.14. The van der Waals surface area contributed by atoms with Crippen molar-refractivity contribution < 1.29 is 9.53 Å². The van der Waals surface area contributed by atoms with Gasteiger partial charge in [0.1, 0.15) is 5.75 Å². The topological polar surface area (TPSA) is 76.1 Å². The lowest BCUT2D eigenvalue weighted by molar-refractivity contribution is -0.117. The van der Waals surface area contributed by atoms with Crippen LogP contribution in [0.25, 0.3) is 0 Å². The smallest absolute Gasteiger partial charge is 0.321 e. The zero-order chi connectivity index (χ0) is 15.4. The number of halogens is 1. The van der Waals surface area contributed by atoms with Crippen LogP contribution in [0.3, 0.4) is 0 Å². The molecule has 3 rings (SSSR count). The first kappa shape index (κ1) is 17.2. The van der Waals surface area contributed by atoms with Crippen LogP contribution in [0.1, 0.15) is 18.4 Å². The van der Waals surface area contributed by atoms with Gasteiger partial charge in [0.25, 0.3) is 0 Å². The molecular formula is C16H19ClN4O2. The second kappa shape index (κ2) is 7.89. The Kier molecular flexibility index (Phi) is 5.90. The highest BCUT2D eigenvalue weighted by Crippen LogP contribution is 2.24. The first-order chi connectivity index (χ1) is 10.7. The van der Waals surface area contributed by atoms with Crippen molar-refractivity contribution in [2.75, 3.05) is 11.9 Å². The molecular weight excluding hydrogens is 316 g/mol. The van der Waals surface area contributed by atoms with Crippen LogP contribution in [-0.4, -0.2) is 28.5 Å². The van der Waals surface area contributed by atoms with Crippen molar-refractivity contribution in [3.05, 3.63) is 42.2 Å². The number of carbonyl (C=O) groups excluding carboxylic acids is 1. The van der Waals surface area contributed by atoms with Gasteiger partial charge in [-0.25, -0.2) is 9.97 Å². The van der Waals surface area contributed by atoms with Crippen molar-refractivity contribution in [2.24, 2.45) is 0 Å². The minimum absolute atomic E-state index is 0. The van der Waals surface area contributed by atoms with E-state index in [4.69, 9.17) is 4.74 Å². The molecule has 1 fully saturated rings. The maximum absolute atomic E-state index is 12.1. The van der Waals surface area contributed by atoms with Crippen LogP contribution in [0.2, 0.25) is 0 Å². The van der Waals surface area contributed by atoms with Gasteiger partial charge in [0.05, 0.1) is 6.04 Å². The molecule has 0 saturated carbocycles. The first-order valence-corrected chi connectivity index (χ1v) is 7.32. The van der Waals surface area contributed by atoms with Gasteiger partial charge in [0.2, 0.25) is 5.91 Å². The molecule has 1 aromatic heterocycles. The number of nitrogens with zero attached hydrogens (tertiary/aromatic N) is 2. The van der Waals surface area contributed by atoms with E-state index >= 15 is 0 Å². The average molecular weight is 335 g/mol. The zero-order valence-electron chi connectivity index (χ0n) is 12.8. The maximum Gasteiger partial charge on any atom is 0.321 e. The second-order valence-electron chi connectivity index (χ2n) is 5.25. The van der Waals surface area contributed by atoms with Gasteiger partial charge in [0, 0.05) is 18.1 Å². The van der Waals surface area contributed by atoms with Gasteiger partial charge < -0.3 is 15.4 Å². The van der Waals surface area contributed by atoms with Crippen LogP contribution in [0.5, 0.6) is 11.8 Å². The fraction of sp³-hybridized carbons (Fsp3) is 0.312. The van der Waals surface area contributed by atoms with Gasteiger partial charge in [-0.3, -0.25) is 4.79 Å². The number of anilines is 1. The Morgan fingerprint density at radius 1 is 1.35 bits per heavy atom. The van der Waals surface area contributed by atoms with Crippen molar-refractivity contribution in [1.82, 2.24) is 15.3 Å². The third kappa shape index (κ3) is 4.40. The standard InChI is InChI=1S/C16H18N4O2.ClH/c1-11-10-12(22-16-18-8-3-9-19-16)5-6-13(11)20-15(21)14-4-2-7-17-14;/h3,5-6,8-10,14,17H,2,4,7H2,1H3,(H,20,21);1H. The average Bonchev–Trinajstić information content (AvgIpc) is 3.05. The highest BCUT2D eigenvalue weighted by molar-refractivity contribution is 5.95. The highest BCUT2D eigenvalue weighted by atomic mass is 35.5. The van der Waals surface area contributed by atoms with Gasteiger partial charge >= 0.3 is 6.01 Å². The van der Waals surface area contributed by atoms with E-state index in [1.54, 1.807) is 24.5 Å². The molecule has 1 atom stereocenters. The van der Waals surface area contributed by atoms with Crippen LogP contribution >= 0.6 is 12.4 Å². The third-order valence-corrected chi connectivity index (χ3v) is 3.58. The van der Waals surface area contributed by atoms with Gasteiger partial charge in [-0.05, 0) is 56.1 Å². The van der Waals surface area contributed by atoms with E-state index in [0.717, 1.165) is 30.6 Å². The number of nitrogens with one attached hydrogen (secondary N) is 2. The zero-order valence-corrected chi connectivity index (χ0v) is 13.6. The molecule has 2 N–H and O–H groups in total. The molecule has 1 saturated heterocycles. The van der Waals surface area contributed by atoms with Crippen molar-refractivity contribution in [2.45, 2.75) is 25.8 Å². The predicted molar refractivity (Wildman–Crippen MR) is 90.2 cm³/mol. The quantitative estimate of drug-likeness (QED) is 0.899. The second-order valence-corrected chi connectivity index (χ2v) is 5.25. The van der Waals surface area contributed by atoms with Gasteiger partial charge in [-0.2, -0.15) is 0 Å². The fourth-order valence-corrected chi connectivity index (χ4v) is 2.41. The third-order valence-electron chi connectivity index (χ3n) is 3.58. The Morgan fingerprint density at radius 2 is 2.13 bits per heavy atom. The lowest BCUT2D eigenvalue weighted by Crippen LogP contribution is -2.35. The molecule has 6 nitrogen and oxygen atoms in total. The molecule has 7 heteroatoms. The summed E-state index contributed by atoms with van der Waals surface area (Å²) in [6.07, 6.45) is 5.18. The SMILES string of the molecule is Cc1cc(Oc2ncccn2)ccc1NC(=O)C1CCCN1.Cl. The largest absolute Gasteiger partial charge is 0.424 e. The van der Waals surface area contributed by atoms with Crippen molar-refractivity contribution >= 4 is 24.0 Å². The van der Waals surface area contributed by atoms with Gasteiger partial charge in [0.15, 0.2) is 0 Å². The minimum Gasteiger partial charge on any atom is -0.424 e. The molecule has 0 aliphatic carbocycles. The van der Waals surface area contributed by atoms with Gasteiger partial charge in [-0.1, -0.05) is 0 Å². The normalized spacial score (nSPS) is 16.5. The Bertz CT molecular complexity index is 660. The van der Waals surface area contributed by atoms with E-state index in [0.29, 0.717) is 11.8 Å². The van der Waals surface area contributed by atoms with Crippen LogP contribution in [0.15, 0.2) is 36.7 Å². The molecule has 1 aromatic carbocycles. The van der Waals surface area contributed by atoms with E-state index in [9.17, 15) is 4.79 Å². The number of hydrogen-bond acceptors (Lipinski definition) is 5. The number of carbonyl (C=O) groups is 1. The fourth-order valence-electron chi connectivity index (χ4n) is 2.41. The number of ether oxygens (including phenoxy) is 1. The monoisotopic (exact) mass is 334 g/mol. The summed E-state index contributed by atoms with van der Waals surface area (Å²) in [5.41, 5.74) is 1.72. The van der Waals surface area contributed by atoms with Gasteiger partial charge in [-0.15, -0.1) is 12.4 Å². The van der Waals surface area contributed by atoms with Crippen LogP contribution in [-0.2, 0) is 4.79 Å². The van der Waals surface area contributed by atoms with E-state index < -0.39 is 0 Å². The van der Waals surface area contributed by atoms with Crippen molar-refractivity contribution in [1.29, 1.82) is 0 Å². The Morgan fingerprint density at radius 3 is 2.78 bits per heavy atom. The molecule has 2 aromatic rings. The first-order valence-electron chi connectivity index (χ1n) is 7.32. The number of benzene rings is 1. The van der Waals surface area contributed by atoms with Crippen LogP contribution < -0.4 is 15.4 Å². The molecule has 1 aliphatic heterocycles. The summed E-state index contributed by atoms with van der Waals surface area (Å²) < 4.78 is 5.57. The molecule has 2 heterocycles. The lowest BCUT2D eigenvalue weighted by atomic mass is 10.1. The number of aryl methyl sites for hydroxylation is 1. The molecule has 1 amide bonds. The predicted octanol–water partition coefficient (Wildman–Crippen LogP) is 2.69. The summed E-state index contributed by atoms with van der Waals surface area (Å²) in [7, 11) is 0. The number of rotatable bonds is 4. The molecule has 122 valence electrons. The molecule has 1 unspecified atom stereocenters. The Hall–Kier alpha value is -2.18. The summed E-state index contributed by atoms with van der Waals surface area (Å²) in [4.78, 5) is 20.1.